The molecule has 0 amide bonds. The summed E-state index contributed by atoms with van der Waals surface area (Å²) in [5.41, 5.74) is 8.30. The fourth-order valence-electron chi connectivity index (χ4n) is 4.39. The Morgan fingerprint density at radius 1 is 1.09 bits per heavy atom. The SMILES string of the molecule is COc1cccc(-c2ccnc3nc(-c4nn(C)c5ccc(C6=CCNCC6)nc45)[nH]c23)c1. The lowest BCUT2D eigenvalue weighted by Gasteiger charge is -2.13. The van der Waals surface area contributed by atoms with Gasteiger partial charge in [0.1, 0.15) is 11.3 Å². The molecule has 0 radical (unpaired) electrons. The number of nitrogens with one attached hydrogen (secondary N) is 2. The Bertz CT molecular complexity index is 1530. The summed E-state index contributed by atoms with van der Waals surface area (Å²) in [5, 5.41) is 8.11. The predicted molar refractivity (Wildman–Crippen MR) is 129 cm³/mol. The Labute approximate surface area is 190 Å². The molecule has 33 heavy (non-hydrogen) atoms. The molecule has 8 nitrogen and oxygen atoms in total. The van der Waals surface area contributed by atoms with Gasteiger partial charge in [-0.3, -0.25) is 4.68 Å². The van der Waals surface area contributed by atoms with Crippen LogP contribution >= 0.6 is 0 Å². The number of nitrogens with zero attached hydrogens (tertiary/aromatic N) is 5. The molecule has 0 aliphatic carbocycles. The highest BCUT2D eigenvalue weighted by Crippen LogP contribution is 2.32. The van der Waals surface area contributed by atoms with Crippen LogP contribution in [0.15, 0.2) is 54.7 Å². The minimum atomic E-state index is 0.640. The van der Waals surface area contributed by atoms with Gasteiger partial charge in [0, 0.05) is 25.4 Å². The standard InChI is InChI=1S/C25H23N7O/c1-32-20-7-6-19(15-8-11-26-12-9-15)28-22(20)23(31-32)25-29-21-18(10-13-27-24(21)30-25)16-4-3-5-17(14-16)33-2/h3-8,10,13-14,26H,9,11-12H2,1-2H3,(H,27,29,30). The first kappa shape index (κ1) is 19.6. The van der Waals surface area contributed by atoms with Crippen molar-refractivity contribution in [2.45, 2.75) is 6.42 Å². The van der Waals surface area contributed by atoms with Gasteiger partial charge >= 0.3 is 0 Å². The van der Waals surface area contributed by atoms with Gasteiger partial charge in [-0.05, 0) is 54.4 Å². The molecule has 8 heteroatoms. The first-order chi connectivity index (χ1) is 16.2. The molecular formula is C25H23N7O. The van der Waals surface area contributed by atoms with E-state index in [1.165, 1.54) is 5.57 Å². The van der Waals surface area contributed by atoms with Crippen LogP contribution in [-0.4, -0.2) is 49.9 Å². The van der Waals surface area contributed by atoms with Crippen LogP contribution in [-0.2, 0) is 7.05 Å². The maximum Gasteiger partial charge on any atom is 0.178 e. The molecule has 5 aromatic rings. The number of pyridine rings is 2. The molecule has 0 fully saturated rings. The second kappa shape index (κ2) is 7.83. The highest BCUT2D eigenvalue weighted by molar-refractivity contribution is 5.95. The summed E-state index contributed by atoms with van der Waals surface area (Å²) >= 11 is 0. The van der Waals surface area contributed by atoms with Crippen LogP contribution in [0.5, 0.6) is 5.75 Å². The van der Waals surface area contributed by atoms with Crippen LogP contribution in [0.4, 0.5) is 0 Å². The van der Waals surface area contributed by atoms with E-state index in [1.54, 1.807) is 13.3 Å². The number of ether oxygens (including phenoxy) is 1. The quantitative estimate of drug-likeness (QED) is 0.442. The van der Waals surface area contributed by atoms with E-state index in [0.717, 1.165) is 64.3 Å². The van der Waals surface area contributed by atoms with Crippen molar-refractivity contribution in [3.05, 3.63) is 60.4 Å². The van der Waals surface area contributed by atoms with Gasteiger partial charge in [0.05, 0.1) is 23.8 Å². The van der Waals surface area contributed by atoms with Crippen molar-refractivity contribution in [2.75, 3.05) is 20.2 Å². The third kappa shape index (κ3) is 3.35. The van der Waals surface area contributed by atoms with Crippen molar-refractivity contribution in [2.24, 2.45) is 7.05 Å². The molecule has 164 valence electrons. The summed E-state index contributed by atoms with van der Waals surface area (Å²) in [5.74, 6) is 1.46. The van der Waals surface area contributed by atoms with E-state index in [-0.39, 0.29) is 0 Å². The molecule has 0 bridgehead atoms. The average molecular weight is 438 g/mol. The molecule has 0 saturated heterocycles. The van der Waals surface area contributed by atoms with Crippen LogP contribution in [0.3, 0.4) is 0 Å². The average Bonchev–Trinajstić information content (AvgIpc) is 3.45. The number of aromatic nitrogens is 6. The summed E-state index contributed by atoms with van der Waals surface area (Å²) < 4.78 is 7.25. The lowest BCUT2D eigenvalue weighted by molar-refractivity contribution is 0.415. The van der Waals surface area contributed by atoms with Crippen LogP contribution in [0.25, 0.3) is 50.4 Å². The van der Waals surface area contributed by atoms with E-state index in [9.17, 15) is 0 Å². The number of rotatable bonds is 4. The van der Waals surface area contributed by atoms with E-state index < -0.39 is 0 Å². The Hall–Kier alpha value is -4.04. The second-order valence-electron chi connectivity index (χ2n) is 8.09. The molecule has 6 rings (SSSR count). The predicted octanol–water partition coefficient (Wildman–Crippen LogP) is 3.96. The Kier molecular flexibility index (Phi) is 4.66. The molecule has 4 aromatic heterocycles. The first-order valence-electron chi connectivity index (χ1n) is 10.9. The van der Waals surface area contributed by atoms with Gasteiger partial charge in [0.15, 0.2) is 17.2 Å². The number of methoxy groups -OCH3 is 1. The first-order valence-corrected chi connectivity index (χ1v) is 10.9. The zero-order valence-corrected chi connectivity index (χ0v) is 18.5. The monoisotopic (exact) mass is 437 g/mol. The van der Waals surface area contributed by atoms with Gasteiger partial charge in [-0.1, -0.05) is 18.2 Å². The summed E-state index contributed by atoms with van der Waals surface area (Å²) in [6.07, 6.45) is 4.95. The van der Waals surface area contributed by atoms with E-state index in [0.29, 0.717) is 11.5 Å². The summed E-state index contributed by atoms with van der Waals surface area (Å²) in [6.45, 7) is 1.84. The molecule has 5 heterocycles. The fourth-order valence-corrected chi connectivity index (χ4v) is 4.39. The van der Waals surface area contributed by atoms with Crippen molar-refractivity contribution in [3.63, 3.8) is 0 Å². The van der Waals surface area contributed by atoms with Crippen LogP contribution < -0.4 is 10.1 Å². The van der Waals surface area contributed by atoms with Crippen LogP contribution in [0, 0.1) is 0 Å². The normalized spacial score (nSPS) is 14.1. The van der Waals surface area contributed by atoms with Gasteiger partial charge < -0.3 is 15.0 Å². The van der Waals surface area contributed by atoms with Crippen molar-refractivity contribution in [3.8, 4) is 28.4 Å². The Morgan fingerprint density at radius 2 is 2.03 bits per heavy atom. The van der Waals surface area contributed by atoms with E-state index in [4.69, 9.17) is 19.8 Å². The van der Waals surface area contributed by atoms with Gasteiger partial charge in [-0.15, -0.1) is 0 Å². The molecule has 0 saturated carbocycles. The van der Waals surface area contributed by atoms with Crippen molar-refractivity contribution in [1.82, 2.24) is 35.0 Å². The molecule has 1 aliphatic heterocycles. The van der Waals surface area contributed by atoms with Crippen molar-refractivity contribution < 1.29 is 4.74 Å². The van der Waals surface area contributed by atoms with Crippen LogP contribution in [0.1, 0.15) is 12.1 Å². The number of aryl methyl sites for hydroxylation is 1. The number of benzene rings is 1. The Balaban J connectivity index is 1.50. The van der Waals surface area contributed by atoms with Gasteiger partial charge in [0.25, 0.3) is 0 Å². The van der Waals surface area contributed by atoms with Gasteiger partial charge in [-0.25, -0.2) is 15.0 Å². The number of fused-ring (bicyclic) bond motifs is 2. The molecule has 2 N–H and O–H groups in total. The third-order valence-electron chi connectivity index (χ3n) is 6.09. The molecule has 0 atom stereocenters. The Morgan fingerprint density at radius 3 is 2.88 bits per heavy atom. The number of H-pyrrole nitrogens is 1. The molecule has 0 spiro atoms. The van der Waals surface area contributed by atoms with Crippen molar-refractivity contribution in [1.29, 1.82) is 0 Å². The molecular weight excluding hydrogens is 414 g/mol. The third-order valence-corrected chi connectivity index (χ3v) is 6.09. The number of hydrogen-bond acceptors (Lipinski definition) is 6. The summed E-state index contributed by atoms with van der Waals surface area (Å²) in [7, 11) is 3.60. The number of imidazole rings is 1. The summed E-state index contributed by atoms with van der Waals surface area (Å²) in [6, 6.07) is 14.1. The fraction of sp³-hybridized carbons (Fsp3) is 0.200. The lowest BCUT2D eigenvalue weighted by Crippen LogP contribution is -2.20. The van der Waals surface area contributed by atoms with E-state index >= 15 is 0 Å². The van der Waals surface area contributed by atoms with Gasteiger partial charge in [0.2, 0.25) is 0 Å². The van der Waals surface area contributed by atoms with Crippen LogP contribution in [0.2, 0.25) is 0 Å². The molecule has 0 unspecified atom stereocenters. The molecule has 1 aromatic carbocycles. The maximum absolute atomic E-state index is 5.40. The summed E-state index contributed by atoms with van der Waals surface area (Å²) in [4.78, 5) is 17.7. The van der Waals surface area contributed by atoms with Crippen molar-refractivity contribution >= 4 is 27.8 Å². The number of aromatic amines is 1. The van der Waals surface area contributed by atoms with E-state index in [2.05, 4.69) is 39.6 Å². The second-order valence-corrected chi connectivity index (χ2v) is 8.09. The zero-order chi connectivity index (χ0) is 22.4. The van der Waals surface area contributed by atoms with Gasteiger partial charge in [-0.2, -0.15) is 5.10 Å². The zero-order valence-electron chi connectivity index (χ0n) is 18.5. The topological polar surface area (TPSA) is 93.5 Å². The minimum Gasteiger partial charge on any atom is -0.497 e. The largest absolute Gasteiger partial charge is 0.497 e. The lowest BCUT2D eigenvalue weighted by atomic mass is 10.1. The number of hydrogen-bond donors (Lipinski definition) is 2. The smallest absolute Gasteiger partial charge is 0.178 e. The highest BCUT2D eigenvalue weighted by atomic mass is 16.5. The van der Waals surface area contributed by atoms with E-state index in [1.807, 2.05) is 36.0 Å². The highest BCUT2D eigenvalue weighted by Gasteiger charge is 2.19. The maximum atomic E-state index is 5.40. The minimum absolute atomic E-state index is 0.640. The molecule has 1 aliphatic rings.